The zero-order valence-electron chi connectivity index (χ0n) is 14.3. The van der Waals surface area contributed by atoms with Crippen molar-refractivity contribution in [2.75, 3.05) is 6.61 Å². The third-order valence-electron chi connectivity index (χ3n) is 4.07. The molecule has 0 amide bonds. The van der Waals surface area contributed by atoms with E-state index in [4.69, 9.17) is 4.74 Å². The number of Topliss-reactive ketones (excluding diaryl/α,β-unsaturated/α-hetero) is 1. The lowest BCUT2D eigenvalue weighted by Gasteiger charge is -2.06. The predicted octanol–water partition coefficient (Wildman–Crippen LogP) is 6.74. The van der Waals surface area contributed by atoms with E-state index >= 15 is 0 Å². The molecule has 2 aromatic carbocycles. The van der Waals surface area contributed by atoms with Gasteiger partial charge in [0.1, 0.15) is 5.75 Å². The van der Waals surface area contributed by atoms with Crippen LogP contribution in [0.4, 0.5) is 0 Å². The Hall–Kier alpha value is -1.52. The number of carbonyl (C=O) groups is 1. The van der Waals surface area contributed by atoms with Crippen LogP contribution in [0.15, 0.2) is 56.7 Å². The molecular formula is C21H21BrO2S. The Morgan fingerprint density at radius 1 is 1.08 bits per heavy atom. The molecule has 130 valence electrons. The van der Waals surface area contributed by atoms with Crippen LogP contribution in [0.2, 0.25) is 0 Å². The van der Waals surface area contributed by atoms with Gasteiger partial charge in [0, 0.05) is 14.9 Å². The molecule has 0 fully saturated rings. The van der Waals surface area contributed by atoms with Crippen molar-refractivity contribution < 1.29 is 9.53 Å². The first kappa shape index (κ1) is 18.3. The van der Waals surface area contributed by atoms with E-state index in [0.29, 0.717) is 0 Å². The molecule has 1 heterocycles. The fraction of sp³-hybridized carbons (Fsp3) is 0.286. The normalized spacial score (nSPS) is 14.8. The third-order valence-corrected chi connectivity index (χ3v) is 5.67. The van der Waals surface area contributed by atoms with Gasteiger partial charge in [-0.05, 0) is 48.4 Å². The maximum Gasteiger partial charge on any atom is 0.200 e. The van der Waals surface area contributed by atoms with Crippen LogP contribution in [0.1, 0.15) is 48.5 Å². The van der Waals surface area contributed by atoms with E-state index < -0.39 is 0 Å². The van der Waals surface area contributed by atoms with Crippen LogP contribution >= 0.6 is 27.7 Å². The SMILES string of the molecule is CCCCCCOc1ccc(/C=C2\Sc3ccc(Br)cc3C2=O)cc1. The van der Waals surface area contributed by atoms with Crippen LogP contribution in [0.3, 0.4) is 0 Å². The van der Waals surface area contributed by atoms with Crippen molar-refractivity contribution in [3.05, 3.63) is 63.0 Å². The standard InChI is InChI=1S/C21H21BrO2S/c1-2-3-4-5-12-24-17-9-6-15(7-10-17)13-20-21(23)18-14-16(22)8-11-19(18)25-20/h6-11,13-14H,2-5,12H2,1H3/b20-13-. The first-order valence-corrected chi connectivity index (χ1v) is 10.2. The molecule has 0 radical (unpaired) electrons. The Morgan fingerprint density at radius 2 is 1.88 bits per heavy atom. The lowest BCUT2D eigenvalue weighted by Crippen LogP contribution is -1.97. The zero-order valence-corrected chi connectivity index (χ0v) is 16.7. The second-order valence-electron chi connectivity index (χ2n) is 6.06. The van der Waals surface area contributed by atoms with Crippen molar-refractivity contribution in [2.24, 2.45) is 0 Å². The highest BCUT2D eigenvalue weighted by molar-refractivity contribution is 9.10. The van der Waals surface area contributed by atoms with E-state index in [1.165, 1.54) is 31.0 Å². The lowest BCUT2D eigenvalue weighted by molar-refractivity contribution is 0.104. The van der Waals surface area contributed by atoms with Gasteiger partial charge in [-0.15, -0.1) is 0 Å². The number of allylic oxidation sites excluding steroid dienone is 1. The number of fused-ring (bicyclic) bond motifs is 1. The fourth-order valence-corrected chi connectivity index (χ4v) is 4.09. The number of unbranched alkanes of at least 4 members (excludes halogenated alkanes) is 3. The second-order valence-corrected chi connectivity index (χ2v) is 8.06. The van der Waals surface area contributed by atoms with Gasteiger partial charge in [0.05, 0.1) is 11.5 Å². The van der Waals surface area contributed by atoms with Gasteiger partial charge in [0.25, 0.3) is 0 Å². The molecule has 0 saturated heterocycles. The number of benzene rings is 2. The molecule has 1 aliphatic heterocycles. The van der Waals surface area contributed by atoms with Crippen molar-refractivity contribution in [1.29, 1.82) is 0 Å². The van der Waals surface area contributed by atoms with E-state index in [9.17, 15) is 4.79 Å². The smallest absolute Gasteiger partial charge is 0.200 e. The largest absolute Gasteiger partial charge is 0.494 e. The summed E-state index contributed by atoms with van der Waals surface area (Å²) >= 11 is 4.96. The molecule has 0 saturated carbocycles. The molecule has 2 aromatic rings. The molecule has 0 atom stereocenters. The van der Waals surface area contributed by atoms with Crippen LogP contribution < -0.4 is 4.74 Å². The molecule has 1 aliphatic rings. The van der Waals surface area contributed by atoms with E-state index in [-0.39, 0.29) is 5.78 Å². The Balaban J connectivity index is 1.62. The van der Waals surface area contributed by atoms with E-state index in [1.807, 2.05) is 48.5 Å². The summed E-state index contributed by atoms with van der Waals surface area (Å²) in [6.07, 6.45) is 6.77. The number of ketones is 1. The minimum Gasteiger partial charge on any atom is -0.494 e. The molecule has 0 N–H and O–H groups in total. The number of halogens is 1. The average Bonchev–Trinajstić information content (AvgIpc) is 2.92. The first-order chi connectivity index (χ1) is 12.2. The van der Waals surface area contributed by atoms with Gasteiger partial charge in [0.15, 0.2) is 0 Å². The van der Waals surface area contributed by atoms with E-state index in [2.05, 4.69) is 22.9 Å². The molecule has 3 rings (SSSR count). The summed E-state index contributed by atoms with van der Waals surface area (Å²) in [5.41, 5.74) is 1.79. The fourth-order valence-electron chi connectivity index (χ4n) is 2.69. The molecule has 4 heteroatoms. The maximum atomic E-state index is 12.5. The molecule has 0 aromatic heterocycles. The summed E-state index contributed by atoms with van der Waals surface area (Å²) < 4.78 is 6.70. The Bertz CT molecular complexity index is 781. The molecular weight excluding hydrogens is 396 g/mol. The monoisotopic (exact) mass is 416 g/mol. The van der Waals surface area contributed by atoms with E-state index in [1.54, 1.807) is 0 Å². The molecule has 0 unspecified atom stereocenters. The summed E-state index contributed by atoms with van der Waals surface area (Å²) in [5.74, 6) is 0.980. The highest BCUT2D eigenvalue weighted by Gasteiger charge is 2.25. The summed E-state index contributed by atoms with van der Waals surface area (Å²) in [7, 11) is 0. The van der Waals surface area contributed by atoms with Gasteiger partial charge in [0.2, 0.25) is 5.78 Å². The minimum absolute atomic E-state index is 0.0950. The number of carbonyl (C=O) groups excluding carboxylic acids is 1. The Kier molecular flexibility index (Phi) is 6.38. The number of hydrogen-bond donors (Lipinski definition) is 0. The molecule has 25 heavy (non-hydrogen) atoms. The highest BCUT2D eigenvalue weighted by Crippen LogP contribution is 2.41. The molecule has 0 bridgehead atoms. The summed E-state index contributed by atoms with van der Waals surface area (Å²) in [6.45, 7) is 2.97. The summed E-state index contributed by atoms with van der Waals surface area (Å²) in [4.78, 5) is 14.3. The predicted molar refractivity (Wildman–Crippen MR) is 108 cm³/mol. The van der Waals surface area contributed by atoms with Crippen LogP contribution in [-0.4, -0.2) is 12.4 Å². The van der Waals surface area contributed by atoms with Crippen molar-refractivity contribution in [3.63, 3.8) is 0 Å². The number of ether oxygens (including phenoxy) is 1. The summed E-state index contributed by atoms with van der Waals surface area (Å²) in [5, 5.41) is 0. The van der Waals surface area contributed by atoms with Gasteiger partial charge in [-0.25, -0.2) is 0 Å². The van der Waals surface area contributed by atoms with Crippen LogP contribution in [0, 0.1) is 0 Å². The Morgan fingerprint density at radius 3 is 2.64 bits per heavy atom. The van der Waals surface area contributed by atoms with Crippen LogP contribution in [-0.2, 0) is 0 Å². The van der Waals surface area contributed by atoms with Gasteiger partial charge >= 0.3 is 0 Å². The quantitative estimate of drug-likeness (QED) is 0.369. The van der Waals surface area contributed by atoms with Gasteiger partial charge in [-0.3, -0.25) is 4.79 Å². The molecule has 0 aliphatic carbocycles. The van der Waals surface area contributed by atoms with E-state index in [0.717, 1.165) is 44.2 Å². The van der Waals surface area contributed by atoms with Crippen LogP contribution in [0.5, 0.6) is 5.75 Å². The molecule has 2 nitrogen and oxygen atoms in total. The van der Waals surface area contributed by atoms with Gasteiger partial charge in [-0.1, -0.05) is 66.0 Å². The Labute approximate surface area is 161 Å². The third kappa shape index (κ3) is 4.77. The van der Waals surface area contributed by atoms with Gasteiger partial charge in [-0.2, -0.15) is 0 Å². The number of rotatable bonds is 7. The first-order valence-electron chi connectivity index (χ1n) is 8.64. The second kappa shape index (κ2) is 8.72. The summed E-state index contributed by atoms with van der Waals surface area (Å²) in [6, 6.07) is 13.8. The average molecular weight is 417 g/mol. The maximum absolute atomic E-state index is 12.5. The number of thioether (sulfide) groups is 1. The molecule has 0 spiro atoms. The zero-order chi connectivity index (χ0) is 17.6. The van der Waals surface area contributed by atoms with Crippen molar-refractivity contribution in [3.8, 4) is 5.75 Å². The lowest BCUT2D eigenvalue weighted by atomic mass is 10.1. The van der Waals surface area contributed by atoms with Gasteiger partial charge < -0.3 is 4.74 Å². The van der Waals surface area contributed by atoms with Crippen molar-refractivity contribution in [2.45, 2.75) is 37.5 Å². The number of hydrogen-bond acceptors (Lipinski definition) is 3. The van der Waals surface area contributed by atoms with Crippen molar-refractivity contribution in [1.82, 2.24) is 0 Å². The highest BCUT2D eigenvalue weighted by atomic mass is 79.9. The van der Waals surface area contributed by atoms with Crippen LogP contribution in [0.25, 0.3) is 6.08 Å². The topological polar surface area (TPSA) is 26.3 Å². The van der Waals surface area contributed by atoms with Crippen molar-refractivity contribution >= 4 is 39.6 Å². The minimum atomic E-state index is 0.0950.